The van der Waals surface area contributed by atoms with Crippen LogP contribution in [0.1, 0.15) is 12.8 Å². The van der Waals surface area contributed by atoms with Crippen molar-refractivity contribution >= 4 is 17.5 Å². The molecule has 3 aliphatic rings. The van der Waals surface area contributed by atoms with Crippen LogP contribution in [0.2, 0.25) is 0 Å². The number of likely N-dealkylation sites (tertiary alicyclic amines) is 1. The van der Waals surface area contributed by atoms with Gasteiger partial charge in [0.25, 0.3) is 0 Å². The third-order valence-corrected chi connectivity index (χ3v) is 5.49. The Balaban J connectivity index is 1.32. The molecule has 3 saturated heterocycles. The molecule has 3 fully saturated rings. The maximum absolute atomic E-state index is 12.5. The maximum Gasteiger partial charge on any atom is 0.236 e. The second-order valence-electron chi connectivity index (χ2n) is 7.18. The van der Waals surface area contributed by atoms with Gasteiger partial charge in [0.1, 0.15) is 18.0 Å². The number of amides is 1. The lowest BCUT2D eigenvalue weighted by Gasteiger charge is -2.36. The molecule has 26 heavy (non-hydrogen) atoms. The van der Waals surface area contributed by atoms with Crippen molar-refractivity contribution in [2.75, 3.05) is 81.9 Å². The molecule has 1 amide bonds. The highest BCUT2D eigenvalue weighted by molar-refractivity contribution is 5.78. The summed E-state index contributed by atoms with van der Waals surface area (Å²) < 4.78 is 5.41. The summed E-state index contributed by atoms with van der Waals surface area (Å²) in [6.07, 6.45) is 4.09. The first-order valence-corrected chi connectivity index (χ1v) is 9.69. The number of carbonyl (C=O) groups excluding carboxylic acids is 1. The van der Waals surface area contributed by atoms with Gasteiger partial charge < -0.3 is 19.4 Å². The molecule has 4 heterocycles. The normalized spacial score (nSPS) is 22.1. The number of carbonyl (C=O) groups is 1. The Morgan fingerprint density at radius 3 is 2.15 bits per heavy atom. The number of anilines is 2. The van der Waals surface area contributed by atoms with E-state index < -0.39 is 0 Å². The quantitative estimate of drug-likeness (QED) is 0.752. The van der Waals surface area contributed by atoms with Gasteiger partial charge in [-0.2, -0.15) is 0 Å². The lowest BCUT2D eigenvalue weighted by atomic mass is 10.3. The van der Waals surface area contributed by atoms with Crippen LogP contribution in [-0.4, -0.2) is 97.8 Å². The zero-order valence-corrected chi connectivity index (χ0v) is 15.3. The predicted molar refractivity (Wildman–Crippen MR) is 99.5 cm³/mol. The second kappa shape index (κ2) is 8.18. The van der Waals surface area contributed by atoms with Crippen molar-refractivity contribution < 1.29 is 9.53 Å². The molecule has 0 aliphatic carbocycles. The molecule has 8 heteroatoms. The largest absolute Gasteiger partial charge is 0.378 e. The van der Waals surface area contributed by atoms with Crippen LogP contribution in [0.3, 0.4) is 0 Å². The highest BCUT2D eigenvalue weighted by atomic mass is 16.5. The maximum atomic E-state index is 12.5. The molecule has 8 nitrogen and oxygen atoms in total. The highest BCUT2D eigenvalue weighted by Gasteiger charge is 2.25. The standard InChI is InChI=1S/C18H28N6O2/c25-18(14-21-3-1-2-4-21)24-7-5-22(6-8-24)16-13-17(20-15-19-16)23-9-11-26-12-10-23/h13,15H,1-12,14H2. The van der Waals surface area contributed by atoms with Gasteiger partial charge in [0.15, 0.2) is 0 Å². The van der Waals surface area contributed by atoms with E-state index in [-0.39, 0.29) is 5.91 Å². The molecule has 1 aromatic rings. The number of morpholine rings is 1. The lowest BCUT2D eigenvalue weighted by Crippen LogP contribution is -2.51. The van der Waals surface area contributed by atoms with E-state index >= 15 is 0 Å². The third kappa shape index (κ3) is 4.07. The molecule has 0 saturated carbocycles. The predicted octanol–water partition coefficient (Wildman–Crippen LogP) is 0.0576. The first kappa shape index (κ1) is 17.5. The van der Waals surface area contributed by atoms with E-state index in [0.717, 1.165) is 77.2 Å². The molecule has 0 aromatic carbocycles. The summed E-state index contributed by atoms with van der Waals surface area (Å²) >= 11 is 0. The summed E-state index contributed by atoms with van der Waals surface area (Å²) in [7, 11) is 0. The van der Waals surface area contributed by atoms with Crippen LogP contribution in [0.15, 0.2) is 12.4 Å². The molecule has 0 spiro atoms. The van der Waals surface area contributed by atoms with Crippen molar-refractivity contribution in [3.05, 3.63) is 12.4 Å². The van der Waals surface area contributed by atoms with Crippen molar-refractivity contribution in [3.8, 4) is 0 Å². The van der Waals surface area contributed by atoms with Gasteiger partial charge >= 0.3 is 0 Å². The summed E-state index contributed by atoms with van der Waals surface area (Å²) in [6, 6.07) is 2.06. The number of rotatable bonds is 4. The smallest absolute Gasteiger partial charge is 0.236 e. The van der Waals surface area contributed by atoms with Crippen LogP contribution in [0.5, 0.6) is 0 Å². The minimum Gasteiger partial charge on any atom is -0.378 e. The molecule has 0 unspecified atom stereocenters. The number of ether oxygens (including phenoxy) is 1. The minimum absolute atomic E-state index is 0.267. The van der Waals surface area contributed by atoms with Gasteiger partial charge in [0.2, 0.25) is 5.91 Å². The Hall–Kier alpha value is -1.93. The second-order valence-corrected chi connectivity index (χ2v) is 7.18. The fourth-order valence-corrected chi connectivity index (χ4v) is 3.89. The van der Waals surface area contributed by atoms with Crippen molar-refractivity contribution in [3.63, 3.8) is 0 Å². The number of hydrogen-bond acceptors (Lipinski definition) is 7. The number of hydrogen-bond donors (Lipinski definition) is 0. The van der Waals surface area contributed by atoms with E-state index in [2.05, 4.69) is 30.7 Å². The summed E-state index contributed by atoms with van der Waals surface area (Å²) in [6.45, 7) is 9.13. The van der Waals surface area contributed by atoms with E-state index in [1.54, 1.807) is 6.33 Å². The molecule has 0 atom stereocenters. The molecule has 1 aromatic heterocycles. The topological polar surface area (TPSA) is 65.0 Å². The Morgan fingerprint density at radius 2 is 1.50 bits per heavy atom. The molecule has 3 aliphatic heterocycles. The van der Waals surface area contributed by atoms with Crippen molar-refractivity contribution in [1.82, 2.24) is 19.8 Å². The SMILES string of the molecule is O=C(CN1CCCC1)N1CCN(c2cc(N3CCOCC3)ncn2)CC1. The Labute approximate surface area is 154 Å². The number of aromatic nitrogens is 2. The van der Waals surface area contributed by atoms with Gasteiger partial charge in [-0.1, -0.05) is 0 Å². The summed E-state index contributed by atoms with van der Waals surface area (Å²) in [5.74, 6) is 2.18. The molecule has 0 radical (unpaired) electrons. The average Bonchev–Trinajstić information content (AvgIpc) is 3.22. The fourth-order valence-electron chi connectivity index (χ4n) is 3.89. The highest BCUT2D eigenvalue weighted by Crippen LogP contribution is 2.20. The van der Waals surface area contributed by atoms with E-state index in [1.807, 2.05) is 4.90 Å². The van der Waals surface area contributed by atoms with Gasteiger partial charge in [-0.05, 0) is 25.9 Å². The lowest BCUT2D eigenvalue weighted by molar-refractivity contribution is -0.132. The Bertz CT molecular complexity index is 607. The molecule has 0 bridgehead atoms. The van der Waals surface area contributed by atoms with E-state index in [4.69, 9.17) is 4.74 Å². The van der Waals surface area contributed by atoms with E-state index in [9.17, 15) is 4.79 Å². The van der Waals surface area contributed by atoms with Gasteiger partial charge in [0, 0.05) is 45.3 Å². The number of nitrogens with zero attached hydrogens (tertiary/aromatic N) is 6. The minimum atomic E-state index is 0.267. The summed E-state index contributed by atoms with van der Waals surface area (Å²) in [4.78, 5) is 30.1. The van der Waals surface area contributed by atoms with Crippen LogP contribution in [0, 0.1) is 0 Å². The fraction of sp³-hybridized carbons (Fsp3) is 0.722. The van der Waals surface area contributed by atoms with Gasteiger partial charge in [0.05, 0.1) is 19.8 Å². The van der Waals surface area contributed by atoms with Crippen LogP contribution >= 0.6 is 0 Å². The summed E-state index contributed by atoms with van der Waals surface area (Å²) in [5, 5.41) is 0. The van der Waals surface area contributed by atoms with Crippen molar-refractivity contribution in [1.29, 1.82) is 0 Å². The molecular formula is C18H28N6O2. The van der Waals surface area contributed by atoms with Crippen LogP contribution in [0.25, 0.3) is 0 Å². The first-order valence-electron chi connectivity index (χ1n) is 9.69. The third-order valence-electron chi connectivity index (χ3n) is 5.49. The molecule has 142 valence electrons. The van der Waals surface area contributed by atoms with E-state index in [1.165, 1.54) is 12.8 Å². The zero-order valence-electron chi connectivity index (χ0n) is 15.3. The Morgan fingerprint density at radius 1 is 0.885 bits per heavy atom. The average molecular weight is 360 g/mol. The Kier molecular flexibility index (Phi) is 5.50. The number of piperazine rings is 1. The van der Waals surface area contributed by atoms with Crippen molar-refractivity contribution in [2.45, 2.75) is 12.8 Å². The van der Waals surface area contributed by atoms with Gasteiger partial charge in [-0.3, -0.25) is 9.69 Å². The van der Waals surface area contributed by atoms with E-state index in [0.29, 0.717) is 6.54 Å². The summed E-state index contributed by atoms with van der Waals surface area (Å²) in [5.41, 5.74) is 0. The van der Waals surface area contributed by atoms with Gasteiger partial charge in [-0.15, -0.1) is 0 Å². The van der Waals surface area contributed by atoms with Crippen molar-refractivity contribution in [2.24, 2.45) is 0 Å². The van der Waals surface area contributed by atoms with Gasteiger partial charge in [-0.25, -0.2) is 9.97 Å². The van der Waals surface area contributed by atoms with Crippen LogP contribution in [0.4, 0.5) is 11.6 Å². The van der Waals surface area contributed by atoms with Crippen LogP contribution in [-0.2, 0) is 9.53 Å². The molecular weight excluding hydrogens is 332 g/mol. The first-order chi connectivity index (χ1) is 12.8. The zero-order chi connectivity index (χ0) is 17.8. The monoisotopic (exact) mass is 360 g/mol. The van der Waals surface area contributed by atoms with Crippen LogP contribution < -0.4 is 9.80 Å². The molecule has 4 rings (SSSR count). The molecule has 0 N–H and O–H groups in total.